The van der Waals surface area contributed by atoms with Gasteiger partial charge in [-0.3, -0.25) is 0 Å². The van der Waals surface area contributed by atoms with Crippen LogP contribution in [0, 0.1) is 35.3 Å². The van der Waals surface area contributed by atoms with Gasteiger partial charge in [0.05, 0.1) is 19.3 Å². The van der Waals surface area contributed by atoms with Gasteiger partial charge in [-0.2, -0.15) is 4.39 Å². The summed E-state index contributed by atoms with van der Waals surface area (Å²) in [7, 11) is 0. The van der Waals surface area contributed by atoms with Gasteiger partial charge in [-0.1, -0.05) is 12.1 Å². The molecule has 3 unspecified atom stereocenters. The molecule has 1 aromatic carbocycles. The largest absolute Gasteiger partial charge is 0.490 e. The SMILES string of the molecule is C=CC1CCC(C(F)CCOc2ccc(C3CCC(C4CCC(C)OC4)CC3)c(F)c2F)CC1. The van der Waals surface area contributed by atoms with Crippen LogP contribution in [0.3, 0.4) is 0 Å². The van der Waals surface area contributed by atoms with Crippen LogP contribution >= 0.6 is 0 Å². The van der Waals surface area contributed by atoms with E-state index in [-0.39, 0.29) is 30.6 Å². The third-order valence-corrected chi connectivity index (χ3v) is 8.81. The van der Waals surface area contributed by atoms with Crippen LogP contribution in [0.15, 0.2) is 24.8 Å². The standard InChI is InChI=1S/C29H41F3O2/c1-3-20-5-8-23(9-6-20)26(30)16-17-33-27-15-14-25(28(31)29(27)32)22-12-10-21(11-13-22)24-7-4-19(2)34-18-24/h3,14-15,19-24,26H,1,4-13,16-18H2,2H3. The number of halogens is 3. The maximum absolute atomic E-state index is 14.9. The lowest BCUT2D eigenvalue weighted by Crippen LogP contribution is -2.31. The van der Waals surface area contributed by atoms with Crippen LogP contribution < -0.4 is 4.74 Å². The van der Waals surface area contributed by atoms with E-state index in [0.717, 1.165) is 64.4 Å². The summed E-state index contributed by atoms with van der Waals surface area (Å²) in [6.45, 7) is 6.85. The van der Waals surface area contributed by atoms with E-state index in [1.165, 1.54) is 12.5 Å². The highest BCUT2D eigenvalue weighted by molar-refractivity contribution is 5.33. The number of alkyl halides is 1. The van der Waals surface area contributed by atoms with Crippen LogP contribution in [-0.4, -0.2) is 25.5 Å². The fourth-order valence-electron chi connectivity index (χ4n) is 6.41. The maximum Gasteiger partial charge on any atom is 0.200 e. The Hall–Kier alpha value is -1.49. The number of hydrogen-bond acceptors (Lipinski definition) is 2. The van der Waals surface area contributed by atoms with Crippen molar-refractivity contribution in [2.45, 2.75) is 95.7 Å². The summed E-state index contributed by atoms with van der Waals surface area (Å²) in [6.07, 6.45) is 11.4. The van der Waals surface area contributed by atoms with Crippen molar-refractivity contribution in [3.63, 3.8) is 0 Å². The zero-order chi connectivity index (χ0) is 24.1. The predicted molar refractivity (Wildman–Crippen MR) is 130 cm³/mol. The molecule has 3 atom stereocenters. The van der Waals surface area contributed by atoms with Crippen molar-refractivity contribution in [1.29, 1.82) is 0 Å². The van der Waals surface area contributed by atoms with Crippen LogP contribution in [0.25, 0.3) is 0 Å². The summed E-state index contributed by atoms with van der Waals surface area (Å²) >= 11 is 0. The second kappa shape index (κ2) is 12.0. The van der Waals surface area contributed by atoms with Crippen molar-refractivity contribution in [3.05, 3.63) is 42.0 Å². The molecule has 3 aliphatic rings. The molecule has 0 N–H and O–H groups in total. The summed E-state index contributed by atoms with van der Waals surface area (Å²) in [5.74, 6) is -0.0369. The Kier molecular flexibility index (Phi) is 9.01. The molecule has 2 aliphatic carbocycles. The van der Waals surface area contributed by atoms with E-state index in [4.69, 9.17) is 9.47 Å². The molecule has 0 spiro atoms. The fraction of sp³-hybridized carbons (Fsp3) is 0.724. The summed E-state index contributed by atoms with van der Waals surface area (Å²) in [4.78, 5) is 0. The number of rotatable bonds is 8. The molecule has 1 aliphatic heterocycles. The molecule has 0 bridgehead atoms. The molecular weight excluding hydrogens is 437 g/mol. The first-order valence-corrected chi connectivity index (χ1v) is 13.4. The van der Waals surface area contributed by atoms with Gasteiger partial charge in [0.25, 0.3) is 0 Å². The van der Waals surface area contributed by atoms with Gasteiger partial charge >= 0.3 is 0 Å². The Morgan fingerprint density at radius 2 is 1.68 bits per heavy atom. The molecule has 2 nitrogen and oxygen atoms in total. The molecule has 1 saturated heterocycles. The van der Waals surface area contributed by atoms with Crippen molar-refractivity contribution in [2.24, 2.45) is 23.7 Å². The van der Waals surface area contributed by atoms with Gasteiger partial charge in [-0.15, -0.1) is 6.58 Å². The minimum atomic E-state index is -0.967. The molecule has 4 rings (SSSR count). The van der Waals surface area contributed by atoms with Gasteiger partial charge < -0.3 is 9.47 Å². The van der Waals surface area contributed by atoms with Crippen LogP contribution in [-0.2, 0) is 4.74 Å². The molecule has 34 heavy (non-hydrogen) atoms. The molecular formula is C29H41F3O2. The van der Waals surface area contributed by atoms with E-state index >= 15 is 0 Å². The third-order valence-electron chi connectivity index (χ3n) is 8.81. The second-order valence-corrected chi connectivity index (χ2v) is 10.9. The van der Waals surface area contributed by atoms with Crippen LogP contribution in [0.1, 0.15) is 89.0 Å². The Morgan fingerprint density at radius 1 is 0.971 bits per heavy atom. The number of hydrogen-bond donors (Lipinski definition) is 0. The maximum atomic E-state index is 14.9. The summed E-state index contributed by atoms with van der Waals surface area (Å²) in [5, 5.41) is 0. The van der Waals surface area contributed by atoms with Gasteiger partial charge in [0.1, 0.15) is 6.17 Å². The lowest BCUT2D eigenvalue weighted by Gasteiger charge is -2.37. The first kappa shape index (κ1) is 25.6. The molecule has 1 aromatic rings. The Balaban J connectivity index is 1.25. The summed E-state index contributed by atoms with van der Waals surface area (Å²) in [6, 6.07) is 3.20. The van der Waals surface area contributed by atoms with E-state index in [1.54, 1.807) is 6.07 Å². The average molecular weight is 479 g/mol. The van der Waals surface area contributed by atoms with Gasteiger partial charge in [-0.25, -0.2) is 8.78 Å². The van der Waals surface area contributed by atoms with E-state index in [0.29, 0.717) is 29.4 Å². The number of allylic oxidation sites excluding steroid dienone is 1. The minimum absolute atomic E-state index is 0.0301. The monoisotopic (exact) mass is 478 g/mol. The van der Waals surface area contributed by atoms with Gasteiger partial charge in [0.15, 0.2) is 11.6 Å². The normalized spacial score (nSPS) is 33.3. The van der Waals surface area contributed by atoms with Gasteiger partial charge in [-0.05, 0) is 112 Å². The van der Waals surface area contributed by atoms with Gasteiger partial charge in [0.2, 0.25) is 5.82 Å². The average Bonchev–Trinajstić information content (AvgIpc) is 2.87. The van der Waals surface area contributed by atoms with E-state index in [1.807, 2.05) is 6.08 Å². The molecule has 3 fully saturated rings. The zero-order valence-corrected chi connectivity index (χ0v) is 20.6. The highest BCUT2D eigenvalue weighted by Crippen LogP contribution is 2.43. The lowest BCUT2D eigenvalue weighted by atomic mass is 9.72. The van der Waals surface area contributed by atoms with Gasteiger partial charge in [0, 0.05) is 6.42 Å². The topological polar surface area (TPSA) is 18.5 Å². The Bertz CT molecular complexity index is 789. The Morgan fingerprint density at radius 3 is 2.32 bits per heavy atom. The summed E-state index contributed by atoms with van der Waals surface area (Å²) in [5.41, 5.74) is 0.458. The lowest BCUT2D eigenvalue weighted by molar-refractivity contribution is -0.0282. The first-order chi connectivity index (χ1) is 16.5. The number of ether oxygens (including phenoxy) is 2. The molecule has 5 heteroatoms. The number of benzene rings is 1. The third kappa shape index (κ3) is 6.19. The van der Waals surface area contributed by atoms with E-state index in [9.17, 15) is 13.2 Å². The quantitative estimate of drug-likeness (QED) is 0.351. The molecule has 0 radical (unpaired) electrons. The van der Waals surface area contributed by atoms with Crippen molar-refractivity contribution >= 4 is 0 Å². The van der Waals surface area contributed by atoms with E-state index in [2.05, 4.69) is 13.5 Å². The molecule has 190 valence electrons. The fourth-order valence-corrected chi connectivity index (χ4v) is 6.41. The zero-order valence-electron chi connectivity index (χ0n) is 20.6. The van der Waals surface area contributed by atoms with Crippen molar-refractivity contribution in [3.8, 4) is 5.75 Å². The minimum Gasteiger partial charge on any atom is -0.490 e. The van der Waals surface area contributed by atoms with Crippen LogP contribution in [0.2, 0.25) is 0 Å². The molecule has 0 aromatic heterocycles. The smallest absolute Gasteiger partial charge is 0.200 e. The second-order valence-electron chi connectivity index (χ2n) is 10.9. The van der Waals surface area contributed by atoms with Crippen molar-refractivity contribution in [1.82, 2.24) is 0 Å². The molecule has 0 amide bonds. The highest BCUT2D eigenvalue weighted by atomic mass is 19.2. The highest BCUT2D eigenvalue weighted by Gasteiger charge is 2.32. The molecule has 1 heterocycles. The van der Waals surface area contributed by atoms with Crippen LogP contribution in [0.5, 0.6) is 5.75 Å². The van der Waals surface area contributed by atoms with Crippen molar-refractivity contribution < 1.29 is 22.6 Å². The first-order valence-electron chi connectivity index (χ1n) is 13.4. The van der Waals surface area contributed by atoms with E-state index < -0.39 is 17.8 Å². The molecule has 2 saturated carbocycles. The predicted octanol–water partition coefficient (Wildman–Crippen LogP) is 8.15. The summed E-state index contributed by atoms with van der Waals surface area (Å²) < 4.78 is 55.6. The van der Waals surface area contributed by atoms with Crippen LogP contribution in [0.4, 0.5) is 13.2 Å². The Labute approximate surface area is 203 Å². The van der Waals surface area contributed by atoms with Crippen molar-refractivity contribution in [2.75, 3.05) is 13.2 Å².